The fraction of sp³-hybridized carbons (Fsp3) is 0.172. The van der Waals surface area contributed by atoms with E-state index in [1.807, 2.05) is 80.6 Å². The molecule has 0 fully saturated rings. The number of hydrogen-bond donors (Lipinski definition) is 1. The number of imidazole rings is 1. The molecule has 0 amide bonds. The van der Waals surface area contributed by atoms with Crippen molar-refractivity contribution in [3.05, 3.63) is 192 Å². The van der Waals surface area contributed by atoms with Crippen LogP contribution >= 0.6 is 0 Å². The van der Waals surface area contributed by atoms with Crippen molar-refractivity contribution < 1.29 is 31.7 Å². The summed E-state index contributed by atoms with van der Waals surface area (Å²) < 4.78 is 34.8. The van der Waals surface area contributed by atoms with E-state index in [0.717, 1.165) is 83.5 Å². The molecule has 2 aromatic heterocycles. The van der Waals surface area contributed by atoms with Crippen molar-refractivity contribution in [2.45, 2.75) is 66.1 Å². The van der Waals surface area contributed by atoms with E-state index in [-0.39, 0.29) is 38.7 Å². The molecule has 1 N–H and O–H groups in total. The summed E-state index contributed by atoms with van der Waals surface area (Å²) in [6.07, 6.45) is 1.78. The van der Waals surface area contributed by atoms with Crippen molar-refractivity contribution in [3.8, 4) is 78.6 Å². The number of para-hydroxylation sites is 1. The molecular formula is C58H52N3OPt-. The van der Waals surface area contributed by atoms with Gasteiger partial charge in [0, 0.05) is 44.0 Å². The zero-order valence-electron chi connectivity index (χ0n) is 40.3. The summed E-state index contributed by atoms with van der Waals surface area (Å²) in [6.45, 7) is 10.2. The van der Waals surface area contributed by atoms with Gasteiger partial charge in [0.1, 0.15) is 11.6 Å². The zero-order valence-corrected chi connectivity index (χ0v) is 38.6. The number of rotatable bonds is 10. The number of aromatic nitrogens is 3. The first-order valence-corrected chi connectivity index (χ1v) is 21.3. The number of aromatic hydroxyl groups is 1. The molecule has 9 rings (SSSR count). The van der Waals surface area contributed by atoms with E-state index in [1.54, 1.807) is 18.3 Å². The van der Waals surface area contributed by atoms with E-state index in [9.17, 15) is 5.11 Å². The largest absolute Gasteiger partial charge is 0.507 e. The number of phenols is 1. The maximum atomic E-state index is 12.3. The van der Waals surface area contributed by atoms with Crippen LogP contribution in [0.3, 0.4) is 0 Å². The van der Waals surface area contributed by atoms with Crippen molar-refractivity contribution in [2.75, 3.05) is 0 Å². The molecule has 2 heterocycles. The van der Waals surface area contributed by atoms with Gasteiger partial charge in [-0.1, -0.05) is 179 Å². The van der Waals surface area contributed by atoms with Crippen LogP contribution in [0.2, 0.25) is 0 Å². The second-order valence-electron chi connectivity index (χ2n) is 16.9. The van der Waals surface area contributed by atoms with Gasteiger partial charge in [0.25, 0.3) is 0 Å². The average molecular weight is 1010 g/mol. The van der Waals surface area contributed by atoms with Gasteiger partial charge in [-0.25, -0.2) is 4.98 Å². The van der Waals surface area contributed by atoms with Crippen molar-refractivity contribution in [1.29, 1.82) is 0 Å². The minimum absolute atomic E-state index is 0. The Morgan fingerprint density at radius 1 is 0.587 bits per heavy atom. The van der Waals surface area contributed by atoms with Crippen LogP contribution in [-0.4, -0.2) is 19.6 Å². The predicted octanol–water partition coefficient (Wildman–Crippen LogP) is 15.6. The first kappa shape index (κ1) is 38.3. The zero-order chi connectivity index (χ0) is 46.5. The number of nitrogens with zero attached hydrogens (tertiary/aromatic N) is 3. The smallest absolute Gasteiger partial charge is 0.148 e. The molecule has 9 aromatic rings. The molecule has 0 unspecified atom stereocenters. The summed E-state index contributed by atoms with van der Waals surface area (Å²) in [5.41, 5.74) is 15.2. The van der Waals surface area contributed by atoms with Crippen LogP contribution in [0.4, 0.5) is 0 Å². The van der Waals surface area contributed by atoms with E-state index in [4.69, 9.17) is 15.5 Å². The third kappa shape index (κ3) is 8.58. The normalized spacial score (nSPS) is 12.8. The third-order valence-electron chi connectivity index (χ3n) is 11.8. The van der Waals surface area contributed by atoms with E-state index < -0.39 is 12.7 Å². The van der Waals surface area contributed by atoms with Gasteiger partial charge in [0.05, 0.1) is 22.3 Å². The molecule has 7 aromatic carbocycles. The Bertz CT molecular complexity index is 3230. The predicted molar refractivity (Wildman–Crippen MR) is 259 cm³/mol. The minimum Gasteiger partial charge on any atom is -0.507 e. The van der Waals surface area contributed by atoms with Crippen LogP contribution in [0.15, 0.2) is 164 Å². The van der Waals surface area contributed by atoms with E-state index in [0.29, 0.717) is 22.6 Å². The van der Waals surface area contributed by atoms with E-state index in [1.165, 1.54) is 0 Å². The fourth-order valence-corrected chi connectivity index (χ4v) is 8.33. The van der Waals surface area contributed by atoms with Gasteiger partial charge in [-0.2, -0.15) is 0 Å². The molecule has 0 saturated heterocycles. The van der Waals surface area contributed by atoms with Gasteiger partial charge in [-0.3, -0.25) is 9.55 Å². The van der Waals surface area contributed by atoms with E-state index >= 15 is 0 Å². The van der Waals surface area contributed by atoms with Crippen molar-refractivity contribution in [1.82, 2.24) is 14.5 Å². The number of phenolic OH excluding ortho intramolecular Hbond substituents is 1. The Morgan fingerprint density at radius 2 is 1.27 bits per heavy atom. The Hall–Kier alpha value is -6.35. The molecule has 0 aliphatic rings. The topological polar surface area (TPSA) is 50.9 Å². The Labute approximate surface area is 392 Å². The number of aryl methyl sites for hydroxylation is 1. The monoisotopic (exact) mass is 1010 g/mol. The Morgan fingerprint density at radius 3 is 1.95 bits per heavy atom. The average Bonchev–Trinajstić information content (AvgIpc) is 3.70. The second-order valence-corrected chi connectivity index (χ2v) is 16.9. The van der Waals surface area contributed by atoms with Crippen molar-refractivity contribution >= 4 is 11.0 Å². The number of pyridine rings is 1. The summed E-state index contributed by atoms with van der Waals surface area (Å²) in [7, 11) is 0. The molecule has 316 valence electrons. The summed E-state index contributed by atoms with van der Waals surface area (Å²) in [5, 5.41) is 12.3. The maximum absolute atomic E-state index is 12.3. The van der Waals surface area contributed by atoms with Crippen LogP contribution in [0.25, 0.3) is 83.9 Å². The summed E-state index contributed by atoms with van der Waals surface area (Å²) in [5.74, 6) is 0.220. The molecule has 5 heteroatoms. The van der Waals surface area contributed by atoms with Gasteiger partial charge < -0.3 is 5.11 Å². The number of benzene rings is 7. The summed E-state index contributed by atoms with van der Waals surface area (Å²) in [4.78, 5) is 10.4. The molecule has 0 bridgehead atoms. The molecule has 0 aliphatic heterocycles. The molecule has 0 spiro atoms. The number of hydrogen-bond acceptors (Lipinski definition) is 3. The number of fused-ring (bicyclic) bond motifs is 1. The Balaban J connectivity index is 0.00000608. The van der Waals surface area contributed by atoms with Gasteiger partial charge in [0.2, 0.25) is 0 Å². The molecule has 0 aliphatic carbocycles. The first-order chi connectivity index (χ1) is 31.5. The van der Waals surface area contributed by atoms with Crippen LogP contribution in [0.5, 0.6) is 5.75 Å². The molecule has 63 heavy (non-hydrogen) atoms. The first-order valence-electron chi connectivity index (χ1n) is 23.3. The quantitative estimate of drug-likeness (QED) is 0.139. The maximum Gasteiger partial charge on any atom is 0.148 e. The molecular weight excluding hydrogens is 950 g/mol. The van der Waals surface area contributed by atoms with Crippen LogP contribution in [-0.2, 0) is 21.1 Å². The van der Waals surface area contributed by atoms with Gasteiger partial charge in [-0.15, -0.1) is 23.8 Å². The third-order valence-corrected chi connectivity index (χ3v) is 11.8. The molecule has 0 atom stereocenters. The summed E-state index contributed by atoms with van der Waals surface area (Å²) in [6, 6.07) is 56.2. The Kier molecular flexibility index (Phi) is 11.1. The van der Waals surface area contributed by atoms with Gasteiger partial charge in [0.15, 0.2) is 0 Å². The molecule has 0 radical (unpaired) electrons. The van der Waals surface area contributed by atoms with Gasteiger partial charge in [-0.05, 0) is 93.9 Å². The van der Waals surface area contributed by atoms with Crippen LogP contribution in [0.1, 0.15) is 87.0 Å². The van der Waals surface area contributed by atoms with Crippen molar-refractivity contribution in [3.63, 3.8) is 0 Å². The molecule has 4 nitrogen and oxygen atoms in total. The standard InChI is InChI=1S/C58H52N3O.Pt/c1-36(2)43-25-26-54(51(32-43)42-17-12-9-13-18-42)61-55-20-14-19-49(56(55)60-58(61)52-34-45(37(3)4)33-50(38(5)6)57(52)62)47-29-46(40-15-10-8-11-16-40)30-48(31-47)53-35-44(27-28-59-53)41-23-21-39(7)22-24-41;/h8-30,32-38,62H,1-7H3;/q-1;/i7D3,36D;. The van der Waals surface area contributed by atoms with Crippen LogP contribution in [0, 0.1) is 12.9 Å². The fourth-order valence-electron chi connectivity index (χ4n) is 8.33. The minimum atomic E-state index is -2.19. The summed E-state index contributed by atoms with van der Waals surface area (Å²) >= 11 is 0. The SMILES string of the molecule is [2H]C([2H])([2H])c1ccc(-c2ccnc(-c3[c-]c(-c4cccc5c4nc(-c4cc(C(C)C)cc(C(C)C)c4O)n5-c4ccc(C([2H])(C)C)cc4-c4ccccc4)cc(-c4ccccc4)c3)c2)cc1.[Pt]. The van der Waals surface area contributed by atoms with Crippen molar-refractivity contribution in [2.24, 2.45) is 0 Å². The van der Waals surface area contributed by atoms with Crippen LogP contribution < -0.4 is 0 Å². The molecule has 0 saturated carbocycles. The van der Waals surface area contributed by atoms with Gasteiger partial charge >= 0.3 is 0 Å². The second kappa shape index (κ2) is 18.2. The van der Waals surface area contributed by atoms with E-state index in [2.05, 4.69) is 117 Å².